The summed E-state index contributed by atoms with van der Waals surface area (Å²) in [6.07, 6.45) is 3.40. The summed E-state index contributed by atoms with van der Waals surface area (Å²) < 4.78 is 15.0. The van der Waals surface area contributed by atoms with Crippen LogP contribution in [0.2, 0.25) is 0 Å². The van der Waals surface area contributed by atoms with Crippen LogP contribution in [0.5, 0.6) is 0 Å². The number of amides is 2. The first kappa shape index (κ1) is 23.1. The number of carbonyl (C=O) groups is 2. The zero-order chi connectivity index (χ0) is 23.9. The van der Waals surface area contributed by atoms with Crippen molar-refractivity contribution in [2.75, 3.05) is 16.4 Å². The van der Waals surface area contributed by atoms with Gasteiger partial charge >= 0.3 is 0 Å². The molecular formula is C24H21FN6O2S. The molecule has 0 saturated carbocycles. The van der Waals surface area contributed by atoms with Gasteiger partial charge in [-0.25, -0.2) is 4.39 Å². The number of hydrogen-bond acceptors (Lipinski definition) is 6. The van der Waals surface area contributed by atoms with Gasteiger partial charge in [0.25, 0.3) is 5.91 Å². The second-order valence-electron chi connectivity index (χ2n) is 7.16. The van der Waals surface area contributed by atoms with Gasteiger partial charge in [-0.2, -0.15) is 0 Å². The lowest BCUT2D eigenvalue weighted by molar-refractivity contribution is -0.113. The average molecular weight is 477 g/mol. The highest BCUT2D eigenvalue weighted by atomic mass is 32.2. The second kappa shape index (κ2) is 10.7. The van der Waals surface area contributed by atoms with Crippen LogP contribution < -0.4 is 10.6 Å². The number of hydrogen-bond donors (Lipinski definition) is 2. The number of halogens is 1. The number of rotatable bonds is 8. The molecule has 0 unspecified atom stereocenters. The predicted octanol–water partition coefficient (Wildman–Crippen LogP) is 4.48. The molecule has 0 aliphatic carbocycles. The normalized spacial score (nSPS) is 10.6. The Morgan fingerprint density at radius 1 is 0.912 bits per heavy atom. The van der Waals surface area contributed by atoms with Crippen LogP contribution >= 0.6 is 11.8 Å². The van der Waals surface area contributed by atoms with Crippen LogP contribution in [0.3, 0.4) is 0 Å². The number of nitrogens with zero attached hydrogens (tertiary/aromatic N) is 4. The topological polar surface area (TPSA) is 102 Å². The predicted molar refractivity (Wildman–Crippen MR) is 129 cm³/mol. The van der Waals surface area contributed by atoms with E-state index in [0.717, 1.165) is 11.4 Å². The summed E-state index contributed by atoms with van der Waals surface area (Å²) in [5.74, 6) is -0.0501. The smallest absolute Gasteiger partial charge is 0.255 e. The Balaban J connectivity index is 1.32. The highest BCUT2D eigenvalue weighted by Crippen LogP contribution is 2.24. The Morgan fingerprint density at radius 3 is 2.21 bits per heavy atom. The maximum Gasteiger partial charge on any atom is 0.255 e. The average Bonchev–Trinajstić information content (AvgIpc) is 3.28. The molecule has 0 saturated heterocycles. The van der Waals surface area contributed by atoms with Gasteiger partial charge in [-0.15, -0.1) is 10.2 Å². The molecule has 0 radical (unpaired) electrons. The molecule has 8 nitrogen and oxygen atoms in total. The Morgan fingerprint density at radius 2 is 1.56 bits per heavy atom. The first-order chi connectivity index (χ1) is 16.5. The third-order valence-corrected chi connectivity index (χ3v) is 5.80. The molecule has 4 rings (SSSR count). The molecule has 0 atom stereocenters. The molecular weight excluding hydrogens is 455 g/mol. The molecule has 0 bridgehead atoms. The van der Waals surface area contributed by atoms with Gasteiger partial charge in [0.1, 0.15) is 5.82 Å². The van der Waals surface area contributed by atoms with Crippen molar-refractivity contribution in [3.8, 4) is 11.4 Å². The molecule has 4 aromatic rings. The van der Waals surface area contributed by atoms with Crippen molar-refractivity contribution in [2.24, 2.45) is 0 Å². The summed E-state index contributed by atoms with van der Waals surface area (Å²) in [5.41, 5.74) is 2.41. The number of aromatic nitrogens is 4. The van der Waals surface area contributed by atoms with E-state index in [9.17, 15) is 14.0 Å². The Hall–Kier alpha value is -4.05. The zero-order valence-electron chi connectivity index (χ0n) is 18.2. The fraction of sp³-hybridized carbons (Fsp3) is 0.125. The highest BCUT2D eigenvalue weighted by Gasteiger charge is 2.15. The Labute approximate surface area is 199 Å². The quantitative estimate of drug-likeness (QED) is 0.364. The summed E-state index contributed by atoms with van der Waals surface area (Å²) in [6.45, 7) is 2.66. The fourth-order valence-corrected chi connectivity index (χ4v) is 3.97. The van der Waals surface area contributed by atoms with Crippen LogP contribution in [-0.4, -0.2) is 37.3 Å². The minimum Gasteiger partial charge on any atom is -0.325 e. The number of carbonyl (C=O) groups excluding carboxylic acids is 2. The molecule has 2 heterocycles. The summed E-state index contributed by atoms with van der Waals surface area (Å²) >= 11 is 1.30. The SMILES string of the molecule is CCn1c(SCC(=O)Nc2ccc(NC(=O)c3ccc(F)cc3)cc2)nnc1-c1ccncc1. The van der Waals surface area contributed by atoms with Crippen molar-refractivity contribution in [3.05, 3.63) is 84.4 Å². The van der Waals surface area contributed by atoms with E-state index in [4.69, 9.17) is 0 Å². The summed E-state index contributed by atoms with van der Waals surface area (Å²) in [6, 6.07) is 15.8. The summed E-state index contributed by atoms with van der Waals surface area (Å²) in [4.78, 5) is 28.7. The first-order valence-corrected chi connectivity index (χ1v) is 11.5. The van der Waals surface area contributed by atoms with Crippen LogP contribution in [0.25, 0.3) is 11.4 Å². The van der Waals surface area contributed by atoms with Crippen LogP contribution in [0.1, 0.15) is 17.3 Å². The molecule has 0 spiro atoms. The lowest BCUT2D eigenvalue weighted by Gasteiger charge is -2.09. The molecule has 2 N–H and O–H groups in total. The largest absolute Gasteiger partial charge is 0.325 e. The van der Waals surface area contributed by atoms with Crippen LogP contribution in [0, 0.1) is 5.82 Å². The van der Waals surface area contributed by atoms with Gasteiger partial charge in [-0.3, -0.25) is 14.6 Å². The number of pyridine rings is 1. The van der Waals surface area contributed by atoms with Crippen LogP contribution in [-0.2, 0) is 11.3 Å². The van der Waals surface area contributed by atoms with Crippen molar-refractivity contribution in [1.29, 1.82) is 0 Å². The molecule has 2 aromatic heterocycles. The number of benzene rings is 2. The fourth-order valence-electron chi connectivity index (χ4n) is 3.16. The van der Waals surface area contributed by atoms with Gasteiger partial charge in [0.05, 0.1) is 5.75 Å². The molecule has 0 aliphatic heterocycles. The Kier molecular flexibility index (Phi) is 7.28. The van der Waals surface area contributed by atoms with Crippen molar-refractivity contribution in [1.82, 2.24) is 19.7 Å². The number of anilines is 2. The van der Waals surface area contributed by atoms with E-state index in [1.807, 2.05) is 23.6 Å². The van der Waals surface area contributed by atoms with Crippen molar-refractivity contribution >= 4 is 35.0 Å². The molecule has 10 heteroatoms. The molecule has 0 fully saturated rings. The summed E-state index contributed by atoms with van der Waals surface area (Å²) in [5, 5.41) is 14.7. The third-order valence-electron chi connectivity index (χ3n) is 4.84. The minimum absolute atomic E-state index is 0.164. The molecule has 2 aromatic carbocycles. The van der Waals surface area contributed by atoms with E-state index in [-0.39, 0.29) is 17.6 Å². The van der Waals surface area contributed by atoms with Crippen molar-refractivity contribution in [2.45, 2.75) is 18.6 Å². The van der Waals surface area contributed by atoms with Gasteiger partial charge in [0.15, 0.2) is 11.0 Å². The van der Waals surface area contributed by atoms with Gasteiger partial charge in [0.2, 0.25) is 5.91 Å². The monoisotopic (exact) mass is 476 g/mol. The van der Waals surface area contributed by atoms with Crippen LogP contribution in [0.4, 0.5) is 15.8 Å². The minimum atomic E-state index is -0.404. The van der Waals surface area contributed by atoms with E-state index in [1.54, 1.807) is 36.7 Å². The van der Waals surface area contributed by atoms with Crippen molar-refractivity contribution < 1.29 is 14.0 Å². The van der Waals surface area contributed by atoms with E-state index in [0.29, 0.717) is 28.6 Å². The highest BCUT2D eigenvalue weighted by molar-refractivity contribution is 7.99. The van der Waals surface area contributed by atoms with Gasteiger partial charge in [-0.05, 0) is 67.6 Å². The van der Waals surface area contributed by atoms with E-state index in [1.165, 1.54) is 36.0 Å². The van der Waals surface area contributed by atoms with Gasteiger partial charge < -0.3 is 15.2 Å². The lowest BCUT2D eigenvalue weighted by atomic mass is 10.2. The molecule has 2 amide bonds. The molecule has 0 aliphatic rings. The maximum absolute atomic E-state index is 13.0. The van der Waals surface area contributed by atoms with Gasteiger partial charge in [-0.1, -0.05) is 11.8 Å². The Bertz CT molecular complexity index is 1280. The number of nitrogens with one attached hydrogen (secondary N) is 2. The number of thioether (sulfide) groups is 1. The van der Waals surface area contributed by atoms with E-state index < -0.39 is 5.82 Å². The first-order valence-electron chi connectivity index (χ1n) is 10.5. The van der Waals surface area contributed by atoms with Crippen molar-refractivity contribution in [3.63, 3.8) is 0 Å². The van der Waals surface area contributed by atoms with E-state index >= 15 is 0 Å². The lowest BCUT2D eigenvalue weighted by Crippen LogP contribution is -2.15. The standard InChI is InChI=1S/C24H21FN6O2S/c1-2-31-22(16-11-13-26-14-12-16)29-30-24(31)34-15-21(32)27-19-7-9-20(10-8-19)28-23(33)17-3-5-18(25)6-4-17/h3-14H,2,15H2,1H3,(H,27,32)(H,28,33). The molecule has 34 heavy (non-hydrogen) atoms. The van der Waals surface area contributed by atoms with E-state index in [2.05, 4.69) is 25.8 Å². The third kappa shape index (κ3) is 5.65. The zero-order valence-corrected chi connectivity index (χ0v) is 19.1. The van der Waals surface area contributed by atoms with Gasteiger partial charge in [0, 0.05) is 41.4 Å². The summed E-state index contributed by atoms with van der Waals surface area (Å²) in [7, 11) is 0. The van der Waals surface area contributed by atoms with Crippen LogP contribution in [0.15, 0.2) is 78.2 Å². The second-order valence-corrected chi connectivity index (χ2v) is 8.10. The molecule has 172 valence electrons. The maximum atomic E-state index is 13.0.